The number of ether oxygens (including phenoxy) is 1. The summed E-state index contributed by atoms with van der Waals surface area (Å²) < 4.78 is 5.45. The number of aryl methyl sites for hydroxylation is 2. The van der Waals surface area contributed by atoms with Gasteiger partial charge in [0.1, 0.15) is 5.75 Å². The van der Waals surface area contributed by atoms with E-state index in [2.05, 4.69) is 37.4 Å². The number of hydrogen-bond donors (Lipinski definition) is 1. The number of rotatable bonds is 5. The SMILES string of the molecule is COc1cc(C)cc(C)c1CNCC1(C#N)CCC1. The first-order chi connectivity index (χ1) is 9.10. The molecule has 1 saturated carbocycles. The van der Waals surface area contributed by atoms with Crippen LogP contribution in [0.15, 0.2) is 12.1 Å². The first kappa shape index (κ1) is 13.9. The van der Waals surface area contributed by atoms with Gasteiger partial charge in [0.15, 0.2) is 0 Å². The fraction of sp³-hybridized carbons (Fsp3) is 0.562. The standard InChI is InChI=1S/C16H22N2O/c1-12-7-13(2)14(15(8-12)19-3)9-18-11-16(10-17)5-4-6-16/h7-8,18H,4-6,9,11H2,1-3H3. The molecule has 0 aromatic heterocycles. The Morgan fingerprint density at radius 3 is 2.63 bits per heavy atom. The van der Waals surface area contributed by atoms with Crippen molar-refractivity contribution < 1.29 is 4.74 Å². The summed E-state index contributed by atoms with van der Waals surface area (Å²) in [4.78, 5) is 0. The van der Waals surface area contributed by atoms with Crippen LogP contribution in [0.2, 0.25) is 0 Å². The van der Waals surface area contributed by atoms with Crippen LogP contribution in [0.25, 0.3) is 0 Å². The molecule has 1 aliphatic carbocycles. The topological polar surface area (TPSA) is 45.0 Å². The monoisotopic (exact) mass is 258 g/mol. The Hall–Kier alpha value is -1.53. The van der Waals surface area contributed by atoms with Crippen LogP contribution in [0.5, 0.6) is 5.75 Å². The molecule has 1 N–H and O–H groups in total. The van der Waals surface area contributed by atoms with Crippen molar-refractivity contribution in [1.82, 2.24) is 5.32 Å². The van der Waals surface area contributed by atoms with Crippen molar-refractivity contribution in [3.8, 4) is 11.8 Å². The lowest BCUT2D eigenvalue weighted by Crippen LogP contribution is -2.38. The van der Waals surface area contributed by atoms with Crippen LogP contribution in [0.3, 0.4) is 0 Å². The van der Waals surface area contributed by atoms with E-state index in [0.717, 1.165) is 31.7 Å². The van der Waals surface area contributed by atoms with Crippen LogP contribution in [-0.2, 0) is 6.54 Å². The number of hydrogen-bond acceptors (Lipinski definition) is 3. The summed E-state index contributed by atoms with van der Waals surface area (Å²) in [5.74, 6) is 0.935. The summed E-state index contributed by atoms with van der Waals surface area (Å²) in [7, 11) is 1.71. The molecular formula is C16H22N2O. The number of benzene rings is 1. The van der Waals surface area contributed by atoms with Crippen molar-refractivity contribution in [2.24, 2.45) is 5.41 Å². The van der Waals surface area contributed by atoms with Crippen molar-refractivity contribution in [1.29, 1.82) is 5.26 Å². The van der Waals surface area contributed by atoms with E-state index in [-0.39, 0.29) is 5.41 Å². The van der Waals surface area contributed by atoms with Crippen LogP contribution in [0, 0.1) is 30.6 Å². The number of nitriles is 1. The summed E-state index contributed by atoms with van der Waals surface area (Å²) >= 11 is 0. The highest BCUT2D eigenvalue weighted by molar-refractivity contribution is 5.43. The van der Waals surface area contributed by atoms with Crippen LogP contribution in [0.4, 0.5) is 0 Å². The van der Waals surface area contributed by atoms with E-state index in [1.807, 2.05) is 0 Å². The molecule has 0 amide bonds. The lowest BCUT2D eigenvalue weighted by atomic mass is 9.70. The van der Waals surface area contributed by atoms with E-state index in [0.29, 0.717) is 0 Å². The highest BCUT2D eigenvalue weighted by Crippen LogP contribution is 2.39. The molecule has 0 bridgehead atoms. The van der Waals surface area contributed by atoms with Crippen molar-refractivity contribution in [2.75, 3.05) is 13.7 Å². The van der Waals surface area contributed by atoms with E-state index in [1.54, 1.807) is 7.11 Å². The second-order valence-electron chi connectivity index (χ2n) is 5.61. The summed E-state index contributed by atoms with van der Waals surface area (Å²) in [5, 5.41) is 12.6. The third-order valence-corrected chi connectivity index (χ3v) is 4.11. The van der Waals surface area contributed by atoms with Gasteiger partial charge in [-0.25, -0.2) is 0 Å². The quantitative estimate of drug-likeness (QED) is 0.882. The number of methoxy groups -OCH3 is 1. The minimum Gasteiger partial charge on any atom is -0.496 e. The zero-order valence-electron chi connectivity index (χ0n) is 12.0. The molecular weight excluding hydrogens is 236 g/mol. The lowest BCUT2D eigenvalue weighted by molar-refractivity contribution is 0.206. The maximum Gasteiger partial charge on any atom is 0.123 e. The largest absolute Gasteiger partial charge is 0.496 e. The normalized spacial score (nSPS) is 16.5. The highest BCUT2D eigenvalue weighted by atomic mass is 16.5. The maximum atomic E-state index is 9.21. The fourth-order valence-corrected chi connectivity index (χ4v) is 2.73. The predicted octanol–water partition coefficient (Wildman–Crippen LogP) is 3.10. The molecule has 102 valence electrons. The Bertz CT molecular complexity index is 498. The molecule has 1 aliphatic rings. The second kappa shape index (κ2) is 5.63. The second-order valence-corrected chi connectivity index (χ2v) is 5.61. The van der Waals surface area contributed by atoms with Gasteiger partial charge in [-0.05, 0) is 43.9 Å². The zero-order valence-corrected chi connectivity index (χ0v) is 12.0. The van der Waals surface area contributed by atoms with Crippen molar-refractivity contribution in [2.45, 2.75) is 39.7 Å². The summed E-state index contributed by atoms with van der Waals surface area (Å²) in [6.45, 7) is 5.72. The van der Waals surface area contributed by atoms with Gasteiger partial charge in [0.2, 0.25) is 0 Å². The van der Waals surface area contributed by atoms with Gasteiger partial charge in [0, 0.05) is 18.7 Å². The molecule has 0 spiro atoms. The molecule has 3 heteroatoms. The van der Waals surface area contributed by atoms with E-state index >= 15 is 0 Å². The van der Waals surface area contributed by atoms with Gasteiger partial charge in [0.25, 0.3) is 0 Å². The third-order valence-electron chi connectivity index (χ3n) is 4.11. The average molecular weight is 258 g/mol. The van der Waals surface area contributed by atoms with Crippen LogP contribution in [-0.4, -0.2) is 13.7 Å². The van der Waals surface area contributed by atoms with E-state index in [4.69, 9.17) is 4.74 Å². The first-order valence-electron chi connectivity index (χ1n) is 6.86. The zero-order chi connectivity index (χ0) is 13.9. The molecule has 19 heavy (non-hydrogen) atoms. The van der Waals surface area contributed by atoms with E-state index in [1.165, 1.54) is 23.1 Å². The lowest BCUT2D eigenvalue weighted by Gasteiger charge is -2.35. The Labute approximate surface area is 115 Å². The van der Waals surface area contributed by atoms with Crippen LogP contribution < -0.4 is 10.1 Å². The molecule has 1 fully saturated rings. The summed E-state index contributed by atoms with van der Waals surface area (Å²) in [5.41, 5.74) is 3.53. The molecule has 0 atom stereocenters. The number of nitrogens with one attached hydrogen (secondary N) is 1. The smallest absolute Gasteiger partial charge is 0.123 e. The molecule has 0 aliphatic heterocycles. The third kappa shape index (κ3) is 2.90. The van der Waals surface area contributed by atoms with Crippen LogP contribution >= 0.6 is 0 Å². The Balaban J connectivity index is 2.02. The van der Waals surface area contributed by atoms with Gasteiger partial charge in [-0.15, -0.1) is 0 Å². The van der Waals surface area contributed by atoms with Gasteiger partial charge >= 0.3 is 0 Å². The van der Waals surface area contributed by atoms with Crippen molar-refractivity contribution >= 4 is 0 Å². The van der Waals surface area contributed by atoms with Gasteiger partial charge in [-0.2, -0.15) is 5.26 Å². The first-order valence-corrected chi connectivity index (χ1v) is 6.86. The molecule has 1 aromatic carbocycles. The molecule has 0 saturated heterocycles. The molecule has 2 rings (SSSR count). The van der Waals surface area contributed by atoms with Crippen molar-refractivity contribution in [3.05, 3.63) is 28.8 Å². The van der Waals surface area contributed by atoms with E-state index < -0.39 is 0 Å². The Morgan fingerprint density at radius 2 is 2.11 bits per heavy atom. The van der Waals surface area contributed by atoms with Crippen LogP contribution in [0.1, 0.15) is 36.0 Å². The maximum absolute atomic E-state index is 9.21. The Kier molecular flexibility index (Phi) is 4.11. The minimum atomic E-state index is -0.119. The molecule has 0 unspecified atom stereocenters. The molecule has 0 heterocycles. The summed E-state index contributed by atoms with van der Waals surface area (Å²) in [6, 6.07) is 6.69. The van der Waals surface area contributed by atoms with Gasteiger partial charge in [0.05, 0.1) is 18.6 Å². The molecule has 1 aromatic rings. The van der Waals surface area contributed by atoms with Gasteiger partial charge in [-0.3, -0.25) is 0 Å². The van der Waals surface area contributed by atoms with Gasteiger partial charge < -0.3 is 10.1 Å². The Morgan fingerprint density at radius 1 is 1.37 bits per heavy atom. The van der Waals surface area contributed by atoms with E-state index in [9.17, 15) is 5.26 Å². The molecule has 0 radical (unpaired) electrons. The minimum absolute atomic E-state index is 0.119. The number of nitrogens with zero attached hydrogens (tertiary/aromatic N) is 1. The molecule has 3 nitrogen and oxygen atoms in total. The predicted molar refractivity (Wildman–Crippen MR) is 76.1 cm³/mol. The fourth-order valence-electron chi connectivity index (χ4n) is 2.73. The highest BCUT2D eigenvalue weighted by Gasteiger charge is 2.36. The van der Waals surface area contributed by atoms with Crippen molar-refractivity contribution in [3.63, 3.8) is 0 Å². The summed E-state index contributed by atoms with van der Waals surface area (Å²) in [6.07, 6.45) is 3.24. The van der Waals surface area contributed by atoms with Gasteiger partial charge in [-0.1, -0.05) is 12.5 Å². The average Bonchev–Trinajstić information content (AvgIpc) is 2.34.